The van der Waals surface area contributed by atoms with E-state index >= 15 is 0 Å². The quantitative estimate of drug-likeness (QED) is 0.854. The fraction of sp³-hybridized carbons (Fsp3) is 0.556. The second-order valence-corrected chi connectivity index (χ2v) is 8.88. The van der Waals surface area contributed by atoms with Crippen molar-refractivity contribution in [2.45, 2.75) is 32.4 Å². The third-order valence-electron chi connectivity index (χ3n) is 5.14. The molecule has 2 saturated heterocycles. The topological polar surface area (TPSA) is 66.6 Å². The lowest BCUT2D eigenvalue weighted by atomic mass is 9.79. The number of carbonyl (C=O) groups is 2. The maximum atomic E-state index is 13.1. The summed E-state index contributed by atoms with van der Waals surface area (Å²) < 4.78 is 0. The summed E-state index contributed by atoms with van der Waals surface area (Å²) in [4.78, 5) is 29.4. The lowest BCUT2D eigenvalue weighted by molar-refractivity contribution is -0.138. The van der Waals surface area contributed by atoms with Crippen LogP contribution in [0.1, 0.15) is 30.6 Å². The molecule has 1 aromatic rings. The van der Waals surface area contributed by atoms with E-state index in [4.69, 9.17) is 17.3 Å². The summed E-state index contributed by atoms with van der Waals surface area (Å²) >= 11 is 7.51. The van der Waals surface area contributed by atoms with Crippen LogP contribution >= 0.6 is 23.4 Å². The zero-order valence-electron chi connectivity index (χ0n) is 14.6. The van der Waals surface area contributed by atoms with E-state index in [1.54, 1.807) is 40.9 Å². The van der Waals surface area contributed by atoms with Gasteiger partial charge in [-0.2, -0.15) is 0 Å². The van der Waals surface area contributed by atoms with Crippen molar-refractivity contribution in [1.29, 1.82) is 0 Å². The summed E-state index contributed by atoms with van der Waals surface area (Å²) in [5, 5.41) is 0.590. The molecule has 2 aliphatic rings. The van der Waals surface area contributed by atoms with Crippen molar-refractivity contribution in [3.05, 3.63) is 34.9 Å². The van der Waals surface area contributed by atoms with Crippen LogP contribution in [0.2, 0.25) is 5.02 Å². The Kier molecular flexibility index (Phi) is 5.32. The molecule has 25 heavy (non-hydrogen) atoms. The van der Waals surface area contributed by atoms with Crippen molar-refractivity contribution in [3.63, 3.8) is 0 Å². The van der Waals surface area contributed by atoms with Gasteiger partial charge in [0.2, 0.25) is 5.91 Å². The van der Waals surface area contributed by atoms with E-state index in [0.29, 0.717) is 35.3 Å². The second-order valence-electron chi connectivity index (χ2n) is 7.44. The zero-order valence-corrected chi connectivity index (χ0v) is 16.1. The van der Waals surface area contributed by atoms with Gasteiger partial charge in [-0.25, -0.2) is 0 Å². The number of nitrogens with two attached hydrogens (primary N) is 1. The van der Waals surface area contributed by atoms with Gasteiger partial charge in [-0.3, -0.25) is 9.59 Å². The molecular formula is C18H24ClN3O2S. The van der Waals surface area contributed by atoms with Crippen LogP contribution in [-0.2, 0) is 4.79 Å². The number of hydrogen-bond acceptors (Lipinski definition) is 4. The minimum atomic E-state index is -0.404. The van der Waals surface area contributed by atoms with E-state index < -0.39 is 6.04 Å². The largest absolute Gasteiger partial charge is 0.340 e. The number of benzene rings is 1. The molecule has 2 fully saturated rings. The molecule has 0 aromatic heterocycles. The van der Waals surface area contributed by atoms with E-state index in [1.165, 1.54) is 0 Å². The number of carbonyl (C=O) groups excluding carboxylic acids is 2. The van der Waals surface area contributed by atoms with Crippen LogP contribution < -0.4 is 5.73 Å². The molecule has 3 rings (SSSR count). The van der Waals surface area contributed by atoms with Gasteiger partial charge in [-0.05, 0) is 36.1 Å². The fourth-order valence-corrected chi connectivity index (χ4v) is 4.65. The van der Waals surface area contributed by atoms with Gasteiger partial charge in [-0.1, -0.05) is 25.4 Å². The molecule has 2 aliphatic heterocycles. The standard InChI is InChI=1S/C18H24ClN3O2S/c1-18(2)10-21(8-7-15(18)20)17(24)14-9-25-11-22(14)16(23)12-3-5-13(19)6-4-12/h3-6,14-15H,7-11,20H2,1-2H3. The van der Waals surface area contributed by atoms with Gasteiger partial charge in [0, 0.05) is 35.5 Å². The van der Waals surface area contributed by atoms with Crippen LogP contribution in [0.25, 0.3) is 0 Å². The molecule has 0 aliphatic carbocycles. The molecule has 136 valence electrons. The molecule has 1 aromatic carbocycles. The van der Waals surface area contributed by atoms with Crippen LogP contribution in [0.4, 0.5) is 0 Å². The van der Waals surface area contributed by atoms with E-state index in [-0.39, 0.29) is 23.3 Å². The lowest BCUT2D eigenvalue weighted by Gasteiger charge is -2.43. The SMILES string of the molecule is CC1(C)CN(C(=O)C2CSCN2C(=O)c2ccc(Cl)cc2)CCC1N. The number of amides is 2. The normalized spacial score (nSPS) is 25.9. The highest BCUT2D eigenvalue weighted by molar-refractivity contribution is 7.99. The van der Waals surface area contributed by atoms with Gasteiger partial charge in [0.15, 0.2) is 0 Å². The highest BCUT2D eigenvalue weighted by atomic mass is 35.5. The van der Waals surface area contributed by atoms with Crippen molar-refractivity contribution in [1.82, 2.24) is 9.80 Å². The molecular weight excluding hydrogens is 358 g/mol. The zero-order chi connectivity index (χ0) is 18.2. The highest BCUT2D eigenvalue weighted by Gasteiger charge is 2.41. The van der Waals surface area contributed by atoms with Crippen LogP contribution in [-0.4, -0.2) is 58.4 Å². The monoisotopic (exact) mass is 381 g/mol. The molecule has 2 N–H and O–H groups in total. The Morgan fingerprint density at radius 2 is 1.96 bits per heavy atom. The first-order valence-electron chi connectivity index (χ1n) is 8.48. The molecule has 5 nitrogen and oxygen atoms in total. The van der Waals surface area contributed by atoms with Crippen molar-refractivity contribution < 1.29 is 9.59 Å². The Hall–Kier alpha value is -1.24. The fourth-order valence-electron chi connectivity index (χ4n) is 3.38. The maximum Gasteiger partial charge on any atom is 0.255 e. The number of piperidine rings is 1. The van der Waals surface area contributed by atoms with Crippen LogP contribution in [0.5, 0.6) is 0 Å². The smallest absolute Gasteiger partial charge is 0.255 e. The number of rotatable bonds is 2. The molecule has 2 atom stereocenters. The molecule has 0 spiro atoms. The second kappa shape index (κ2) is 7.17. The number of hydrogen-bond donors (Lipinski definition) is 1. The number of nitrogens with zero attached hydrogens (tertiary/aromatic N) is 2. The van der Waals surface area contributed by atoms with Crippen molar-refractivity contribution in [2.75, 3.05) is 24.7 Å². The van der Waals surface area contributed by atoms with Crippen molar-refractivity contribution in [2.24, 2.45) is 11.1 Å². The van der Waals surface area contributed by atoms with Crippen LogP contribution in [0, 0.1) is 5.41 Å². The van der Waals surface area contributed by atoms with E-state index in [1.807, 2.05) is 4.90 Å². The Balaban J connectivity index is 1.74. The molecule has 2 unspecified atom stereocenters. The summed E-state index contributed by atoms with van der Waals surface area (Å²) in [6.45, 7) is 5.49. The number of halogens is 1. The van der Waals surface area contributed by atoms with Crippen molar-refractivity contribution >= 4 is 35.2 Å². The van der Waals surface area contributed by atoms with E-state index in [9.17, 15) is 9.59 Å². The molecule has 7 heteroatoms. The maximum absolute atomic E-state index is 13.1. The Labute approximate surface area is 157 Å². The summed E-state index contributed by atoms with van der Waals surface area (Å²) in [5.41, 5.74) is 6.63. The lowest BCUT2D eigenvalue weighted by Crippen LogP contribution is -2.58. The number of likely N-dealkylation sites (tertiary alicyclic amines) is 1. The first-order valence-corrected chi connectivity index (χ1v) is 10.0. The molecule has 0 saturated carbocycles. The predicted octanol–water partition coefficient (Wildman–Crippen LogP) is 2.44. The molecule has 0 bridgehead atoms. The Bertz CT molecular complexity index is 665. The predicted molar refractivity (Wildman–Crippen MR) is 102 cm³/mol. The van der Waals surface area contributed by atoms with Gasteiger partial charge in [0.25, 0.3) is 5.91 Å². The van der Waals surface area contributed by atoms with Gasteiger partial charge in [0.05, 0.1) is 5.88 Å². The van der Waals surface area contributed by atoms with Crippen molar-refractivity contribution in [3.8, 4) is 0 Å². The summed E-state index contributed by atoms with van der Waals surface area (Å²) in [7, 11) is 0. The Morgan fingerprint density at radius 1 is 1.28 bits per heavy atom. The molecule has 2 amide bonds. The summed E-state index contributed by atoms with van der Waals surface area (Å²) in [6, 6.07) is 6.50. The summed E-state index contributed by atoms with van der Waals surface area (Å²) in [5.74, 6) is 1.09. The first kappa shape index (κ1) is 18.5. The van der Waals surface area contributed by atoms with Gasteiger partial charge < -0.3 is 15.5 Å². The first-order chi connectivity index (χ1) is 11.8. The van der Waals surface area contributed by atoms with Gasteiger partial charge in [0.1, 0.15) is 6.04 Å². The summed E-state index contributed by atoms with van der Waals surface area (Å²) in [6.07, 6.45) is 0.795. The molecule has 0 radical (unpaired) electrons. The third-order valence-corrected chi connectivity index (χ3v) is 6.41. The average Bonchev–Trinajstić information content (AvgIpc) is 3.06. The minimum Gasteiger partial charge on any atom is -0.340 e. The Morgan fingerprint density at radius 3 is 2.60 bits per heavy atom. The van der Waals surface area contributed by atoms with E-state index in [2.05, 4.69) is 13.8 Å². The van der Waals surface area contributed by atoms with Gasteiger partial charge >= 0.3 is 0 Å². The average molecular weight is 382 g/mol. The third kappa shape index (κ3) is 3.81. The van der Waals surface area contributed by atoms with Crippen LogP contribution in [0.3, 0.4) is 0 Å². The van der Waals surface area contributed by atoms with Gasteiger partial charge in [-0.15, -0.1) is 11.8 Å². The number of thioether (sulfide) groups is 1. The minimum absolute atomic E-state index is 0.0345. The van der Waals surface area contributed by atoms with Crippen LogP contribution in [0.15, 0.2) is 24.3 Å². The van der Waals surface area contributed by atoms with E-state index in [0.717, 1.165) is 6.42 Å². The highest BCUT2D eigenvalue weighted by Crippen LogP contribution is 2.31. The molecule has 2 heterocycles.